The Bertz CT molecular complexity index is 355. The van der Waals surface area contributed by atoms with Crippen LogP contribution in [0.5, 0.6) is 0 Å². The molecule has 0 aromatic heterocycles. The maximum Gasteiger partial charge on any atom is 0.286 e. The Morgan fingerprint density at radius 3 is 2.29 bits per heavy atom. The predicted molar refractivity (Wildman–Crippen MR) is 49.4 cm³/mol. The molecule has 1 aromatic rings. The number of benzene rings is 1. The van der Waals surface area contributed by atoms with E-state index in [9.17, 15) is 13.2 Å². The van der Waals surface area contributed by atoms with Crippen LogP contribution in [0.2, 0.25) is 10.0 Å². The molecule has 0 heterocycles. The molecule has 14 heavy (non-hydrogen) atoms. The lowest BCUT2D eigenvalue weighted by molar-refractivity contribution is 0.00577. The van der Waals surface area contributed by atoms with Gasteiger partial charge in [-0.1, -0.05) is 23.2 Å². The molecule has 78 valence electrons. The second-order valence-corrected chi connectivity index (χ2v) is 3.47. The van der Waals surface area contributed by atoms with E-state index in [1.165, 1.54) is 0 Å². The van der Waals surface area contributed by atoms with Gasteiger partial charge in [0.15, 0.2) is 0 Å². The fourth-order valence-electron chi connectivity index (χ4n) is 0.913. The van der Waals surface area contributed by atoms with E-state index in [0.29, 0.717) is 6.07 Å². The lowest BCUT2D eigenvalue weighted by Crippen LogP contribution is -2.25. The van der Waals surface area contributed by atoms with Crippen molar-refractivity contribution in [1.29, 1.82) is 0 Å². The van der Waals surface area contributed by atoms with Crippen molar-refractivity contribution in [2.75, 3.05) is 6.54 Å². The van der Waals surface area contributed by atoms with E-state index < -0.39 is 23.8 Å². The Kier molecular flexibility index (Phi) is 3.29. The van der Waals surface area contributed by atoms with Gasteiger partial charge in [-0.2, -0.15) is 8.78 Å². The number of alkyl halides is 2. The molecule has 0 aliphatic heterocycles. The van der Waals surface area contributed by atoms with Gasteiger partial charge in [0.2, 0.25) is 0 Å². The van der Waals surface area contributed by atoms with Crippen LogP contribution >= 0.6 is 23.2 Å². The first-order valence-electron chi connectivity index (χ1n) is 3.61. The number of rotatable bonds is 2. The molecule has 0 aliphatic carbocycles. The summed E-state index contributed by atoms with van der Waals surface area (Å²) in [4.78, 5) is 0. The summed E-state index contributed by atoms with van der Waals surface area (Å²) in [7, 11) is 0. The fraction of sp³-hybridized carbons (Fsp3) is 0.250. The van der Waals surface area contributed by atoms with Crippen LogP contribution in [0.4, 0.5) is 13.2 Å². The summed E-state index contributed by atoms with van der Waals surface area (Å²) in [6.07, 6.45) is 0. The van der Waals surface area contributed by atoms with Crippen molar-refractivity contribution in [3.63, 3.8) is 0 Å². The highest BCUT2D eigenvalue weighted by Gasteiger charge is 2.32. The Balaban J connectivity index is 3.29. The minimum absolute atomic E-state index is 0.299. The molecule has 1 nitrogen and oxygen atoms in total. The normalized spacial score (nSPS) is 11.9. The van der Waals surface area contributed by atoms with Gasteiger partial charge in [-0.05, 0) is 12.1 Å². The van der Waals surface area contributed by atoms with Crippen LogP contribution < -0.4 is 5.73 Å². The van der Waals surface area contributed by atoms with Gasteiger partial charge < -0.3 is 5.73 Å². The molecule has 2 N–H and O–H groups in total. The average molecular weight is 244 g/mol. The summed E-state index contributed by atoms with van der Waals surface area (Å²) in [5.74, 6) is -4.29. The highest BCUT2D eigenvalue weighted by molar-refractivity contribution is 6.35. The van der Waals surface area contributed by atoms with Crippen molar-refractivity contribution in [2.24, 2.45) is 5.73 Å². The van der Waals surface area contributed by atoms with E-state index in [2.05, 4.69) is 0 Å². The lowest BCUT2D eigenvalue weighted by atomic mass is 10.1. The summed E-state index contributed by atoms with van der Waals surface area (Å²) in [6, 6.07) is 1.52. The zero-order valence-corrected chi connectivity index (χ0v) is 8.34. The van der Waals surface area contributed by atoms with Crippen molar-refractivity contribution in [1.82, 2.24) is 0 Å². The molecule has 0 fully saturated rings. The van der Waals surface area contributed by atoms with Gasteiger partial charge in [0, 0.05) is 5.56 Å². The van der Waals surface area contributed by atoms with Crippen molar-refractivity contribution < 1.29 is 13.2 Å². The van der Waals surface area contributed by atoms with E-state index in [4.69, 9.17) is 28.9 Å². The topological polar surface area (TPSA) is 26.0 Å². The third kappa shape index (κ3) is 2.13. The molecule has 0 spiro atoms. The molecule has 0 saturated heterocycles. The van der Waals surface area contributed by atoms with Gasteiger partial charge >= 0.3 is 0 Å². The van der Waals surface area contributed by atoms with E-state index >= 15 is 0 Å². The molecule has 1 rings (SSSR count). The van der Waals surface area contributed by atoms with Gasteiger partial charge in [-0.25, -0.2) is 4.39 Å². The Morgan fingerprint density at radius 1 is 1.21 bits per heavy atom. The number of nitrogens with two attached hydrogens (primary N) is 1. The molecular formula is C8H6Cl2F3N. The van der Waals surface area contributed by atoms with Gasteiger partial charge in [0.25, 0.3) is 5.92 Å². The second kappa shape index (κ2) is 3.96. The maximum absolute atomic E-state index is 13.0. The van der Waals surface area contributed by atoms with Crippen LogP contribution in [0.25, 0.3) is 0 Å². The molecule has 0 atom stereocenters. The summed E-state index contributed by atoms with van der Waals surface area (Å²) >= 11 is 10.8. The van der Waals surface area contributed by atoms with Crippen molar-refractivity contribution in [2.45, 2.75) is 5.92 Å². The Morgan fingerprint density at radius 2 is 1.79 bits per heavy atom. The highest BCUT2D eigenvalue weighted by Crippen LogP contribution is 2.35. The Labute approximate surface area is 88.6 Å². The lowest BCUT2D eigenvalue weighted by Gasteiger charge is -2.15. The summed E-state index contributed by atoms with van der Waals surface area (Å²) in [5, 5.41) is -0.599. The molecule has 0 unspecified atom stereocenters. The standard InChI is InChI=1S/C8H6Cl2F3N/c9-5-2-6(10)7(11)1-4(5)8(12,13)3-14/h1-2H,3,14H2. The van der Waals surface area contributed by atoms with E-state index in [1.54, 1.807) is 0 Å². The van der Waals surface area contributed by atoms with Crippen molar-refractivity contribution in [3.05, 3.63) is 33.6 Å². The minimum atomic E-state index is -3.34. The predicted octanol–water partition coefficient (Wildman–Crippen LogP) is 3.18. The van der Waals surface area contributed by atoms with Gasteiger partial charge in [-0.3, -0.25) is 0 Å². The fourth-order valence-corrected chi connectivity index (χ4v) is 1.43. The molecule has 0 radical (unpaired) electrons. The zero-order chi connectivity index (χ0) is 10.9. The third-order valence-corrected chi connectivity index (χ3v) is 2.26. The van der Waals surface area contributed by atoms with Crippen LogP contribution in [0.3, 0.4) is 0 Å². The average Bonchev–Trinajstić information content (AvgIpc) is 2.11. The number of hydrogen-bond donors (Lipinski definition) is 1. The summed E-state index contributed by atoms with van der Waals surface area (Å²) in [6.45, 7) is -0.937. The van der Waals surface area contributed by atoms with E-state index in [-0.39, 0.29) is 10.0 Å². The second-order valence-electron chi connectivity index (χ2n) is 2.65. The molecule has 6 heteroatoms. The van der Waals surface area contributed by atoms with Crippen molar-refractivity contribution in [3.8, 4) is 0 Å². The SMILES string of the molecule is NCC(F)(F)c1cc(F)c(Cl)cc1Cl. The maximum atomic E-state index is 13.0. The summed E-state index contributed by atoms with van der Waals surface area (Å²) in [5.41, 5.74) is 4.18. The van der Waals surface area contributed by atoms with E-state index in [0.717, 1.165) is 6.07 Å². The van der Waals surface area contributed by atoms with Gasteiger partial charge in [0.1, 0.15) is 5.82 Å². The summed E-state index contributed by atoms with van der Waals surface area (Å²) < 4.78 is 38.9. The van der Waals surface area contributed by atoms with Crippen LogP contribution in [0, 0.1) is 5.82 Å². The quantitative estimate of drug-likeness (QED) is 0.794. The monoisotopic (exact) mass is 243 g/mol. The van der Waals surface area contributed by atoms with E-state index in [1.807, 2.05) is 0 Å². The first-order valence-corrected chi connectivity index (χ1v) is 4.37. The highest BCUT2D eigenvalue weighted by atomic mass is 35.5. The molecule has 0 saturated carbocycles. The number of hydrogen-bond acceptors (Lipinski definition) is 1. The molecule has 1 aromatic carbocycles. The van der Waals surface area contributed by atoms with Crippen molar-refractivity contribution >= 4 is 23.2 Å². The Hall–Kier alpha value is -0.450. The minimum Gasteiger partial charge on any atom is -0.325 e. The first-order chi connectivity index (χ1) is 6.38. The van der Waals surface area contributed by atoms with Crippen LogP contribution in [-0.2, 0) is 5.92 Å². The van der Waals surface area contributed by atoms with Crippen LogP contribution in [0.1, 0.15) is 5.56 Å². The largest absolute Gasteiger partial charge is 0.325 e. The van der Waals surface area contributed by atoms with Gasteiger partial charge in [0.05, 0.1) is 16.6 Å². The van der Waals surface area contributed by atoms with Crippen LogP contribution in [0.15, 0.2) is 12.1 Å². The molecule has 0 bridgehead atoms. The molecular weight excluding hydrogens is 238 g/mol. The zero-order valence-electron chi connectivity index (χ0n) is 6.83. The molecule has 0 aliphatic rings. The number of halogens is 5. The third-order valence-electron chi connectivity index (χ3n) is 1.66. The molecule has 0 amide bonds. The van der Waals surface area contributed by atoms with Gasteiger partial charge in [-0.15, -0.1) is 0 Å². The smallest absolute Gasteiger partial charge is 0.286 e. The first kappa shape index (κ1) is 11.6. The van der Waals surface area contributed by atoms with Crippen LogP contribution in [-0.4, -0.2) is 6.54 Å².